The molecule has 20 heavy (non-hydrogen) atoms. The van der Waals surface area contributed by atoms with E-state index >= 15 is 0 Å². The van der Waals surface area contributed by atoms with Crippen molar-refractivity contribution in [3.05, 3.63) is 35.9 Å². The maximum absolute atomic E-state index is 12.6. The van der Waals surface area contributed by atoms with E-state index in [4.69, 9.17) is 0 Å². The first-order valence-electron chi connectivity index (χ1n) is 7.58. The number of carbonyl (C=O) groups is 1. The van der Waals surface area contributed by atoms with Gasteiger partial charge in [-0.1, -0.05) is 44.2 Å². The number of benzene rings is 1. The van der Waals surface area contributed by atoms with Crippen LogP contribution in [-0.4, -0.2) is 19.0 Å². The number of hydrogen-bond donors (Lipinski definition) is 2. The van der Waals surface area contributed by atoms with Crippen LogP contribution in [0.3, 0.4) is 0 Å². The Balaban J connectivity index is 1.99. The van der Waals surface area contributed by atoms with Crippen LogP contribution in [0.5, 0.6) is 0 Å². The van der Waals surface area contributed by atoms with Gasteiger partial charge in [0.2, 0.25) is 5.91 Å². The zero-order chi connectivity index (χ0) is 14.6. The summed E-state index contributed by atoms with van der Waals surface area (Å²) in [6, 6.07) is 10.2. The fraction of sp³-hybridized carbons (Fsp3) is 0.588. The molecule has 1 aliphatic heterocycles. The lowest BCUT2D eigenvalue weighted by Gasteiger charge is -2.36. The van der Waals surface area contributed by atoms with E-state index in [1.807, 2.05) is 25.1 Å². The molecule has 2 atom stereocenters. The maximum Gasteiger partial charge on any atom is 0.226 e. The standard InChI is InChI=1S/C17H26N2O/c1-13(14-8-5-4-6-9-14)19-16(20)17(2,3)15-10-7-11-18-12-15/h4-6,8-9,13,15,18H,7,10-12H2,1-3H3,(H,19,20)/t13-,15?/m0/s1. The van der Waals surface area contributed by atoms with Crippen LogP contribution in [0.15, 0.2) is 30.3 Å². The predicted octanol–water partition coefficient (Wildman–Crippen LogP) is 2.89. The number of piperidine rings is 1. The summed E-state index contributed by atoms with van der Waals surface area (Å²) in [6.45, 7) is 8.20. The minimum Gasteiger partial charge on any atom is -0.349 e. The molecule has 3 nitrogen and oxygen atoms in total. The van der Waals surface area contributed by atoms with Gasteiger partial charge in [-0.05, 0) is 44.3 Å². The second-order valence-corrected chi connectivity index (χ2v) is 6.37. The number of amides is 1. The zero-order valence-electron chi connectivity index (χ0n) is 12.8. The smallest absolute Gasteiger partial charge is 0.226 e. The van der Waals surface area contributed by atoms with E-state index in [1.165, 1.54) is 0 Å². The Morgan fingerprint density at radius 2 is 2.05 bits per heavy atom. The van der Waals surface area contributed by atoms with Crippen LogP contribution in [0.1, 0.15) is 45.2 Å². The fourth-order valence-electron chi connectivity index (χ4n) is 2.86. The van der Waals surface area contributed by atoms with Crippen molar-refractivity contribution in [2.75, 3.05) is 13.1 Å². The van der Waals surface area contributed by atoms with Gasteiger partial charge in [-0.3, -0.25) is 4.79 Å². The van der Waals surface area contributed by atoms with Gasteiger partial charge in [-0.2, -0.15) is 0 Å². The summed E-state index contributed by atoms with van der Waals surface area (Å²) in [5.74, 6) is 0.571. The monoisotopic (exact) mass is 274 g/mol. The Bertz CT molecular complexity index is 436. The lowest BCUT2D eigenvalue weighted by atomic mass is 9.74. The third-order valence-corrected chi connectivity index (χ3v) is 4.55. The van der Waals surface area contributed by atoms with Crippen molar-refractivity contribution < 1.29 is 4.79 Å². The molecule has 2 N–H and O–H groups in total. The molecule has 1 saturated heterocycles. The first kappa shape index (κ1) is 15.0. The third kappa shape index (κ3) is 3.40. The Labute approximate surface area is 122 Å². The lowest BCUT2D eigenvalue weighted by Crippen LogP contribution is -2.47. The summed E-state index contributed by atoms with van der Waals surface area (Å²) in [7, 11) is 0. The highest BCUT2D eigenvalue weighted by atomic mass is 16.2. The Morgan fingerprint density at radius 1 is 1.35 bits per heavy atom. The van der Waals surface area contributed by atoms with E-state index in [1.54, 1.807) is 0 Å². The second-order valence-electron chi connectivity index (χ2n) is 6.37. The molecular weight excluding hydrogens is 248 g/mol. The molecule has 110 valence electrons. The van der Waals surface area contributed by atoms with Gasteiger partial charge < -0.3 is 10.6 Å². The van der Waals surface area contributed by atoms with Gasteiger partial charge >= 0.3 is 0 Å². The van der Waals surface area contributed by atoms with Gasteiger partial charge in [-0.25, -0.2) is 0 Å². The van der Waals surface area contributed by atoms with Crippen molar-refractivity contribution in [2.24, 2.45) is 11.3 Å². The number of carbonyl (C=O) groups excluding carboxylic acids is 1. The molecule has 0 aromatic heterocycles. The number of hydrogen-bond acceptors (Lipinski definition) is 2. The maximum atomic E-state index is 12.6. The molecule has 1 aromatic carbocycles. The van der Waals surface area contributed by atoms with Crippen molar-refractivity contribution in [3.8, 4) is 0 Å². The van der Waals surface area contributed by atoms with Gasteiger partial charge in [0.05, 0.1) is 6.04 Å². The Hall–Kier alpha value is -1.35. The van der Waals surface area contributed by atoms with E-state index in [-0.39, 0.29) is 17.4 Å². The van der Waals surface area contributed by atoms with Crippen LogP contribution < -0.4 is 10.6 Å². The van der Waals surface area contributed by atoms with Gasteiger partial charge in [0.25, 0.3) is 0 Å². The van der Waals surface area contributed by atoms with E-state index in [9.17, 15) is 4.79 Å². The molecule has 0 spiro atoms. The summed E-state index contributed by atoms with van der Waals surface area (Å²) in [5, 5.41) is 6.57. The highest BCUT2D eigenvalue weighted by Crippen LogP contribution is 2.32. The van der Waals surface area contributed by atoms with Crippen molar-refractivity contribution in [3.63, 3.8) is 0 Å². The predicted molar refractivity (Wildman–Crippen MR) is 82.4 cm³/mol. The molecule has 0 aliphatic carbocycles. The van der Waals surface area contributed by atoms with Crippen LogP contribution in [0.2, 0.25) is 0 Å². The molecular formula is C17H26N2O. The highest BCUT2D eigenvalue weighted by Gasteiger charge is 2.37. The van der Waals surface area contributed by atoms with Crippen LogP contribution in [0.4, 0.5) is 0 Å². The SMILES string of the molecule is C[C@H](NC(=O)C(C)(C)C1CCCNC1)c1ccccc1. The van der Waals surface area contributed by atoms with Gasteiger partial charge in [0, 0.05) is 5.41 Å². The zero-order valence-corrected chi connectivity index (χ0v) is 12.8. The summed E-state index contributed by atoms with van der Waals surface area (Å²) < 4.78 is 0. The van der Waals surface area contributed by atoms with Crippen molar-refractivity contribution in [2.45, 2.75) is 39.7 Å². The molecule has 1 aromatic rings. The van der Waals surface area contributed by atoms with Gasteiger partial charge in [0.15, 0.2) is 0 Å². The molecule has 0 radical (unpaired) electrons. The van der Waals surface area contributed by atoms with Crippen LogP contribution in [0.25, 0.3) is 0 Å². The summed E-state index contributed by atoms with van der Waals surface area (Å²) in [5.41, 5.74) is 0.828. The molecule has 1 amide bonds. The average molecular weight is 274 g/mol. The van der Waals surface area contributed by atoms with Crippen molar-refractivity contribution in [1.82, 2.24) is 10.6 Å². The molecule has 0 bridgehead atoms. The Kier molecular flexibility index (Phi) is 4.81. The summed E-state index contributed by atoms with van der Waals surface area (Å²) >= 11 is 0. The molecule has 1 heterocycles. The number of rotatable bonds is 4. The fourth-order valence-corrected chi connectivity index (χ4v) is 2.86. The quantitative estimate of drug-likeness (QED) is 0.886. The van der Waals surface area contributed by atoms with Crippen molar-refractivity contribution >= 4 is 5.91 Å². The molecule has 0 saturated carbocycles. The van der Waals surface area contributed by atoms with E-state index in [0.29, 0.717) is 5.92 Å². The van der Waals surface area contributed by atoms with E-state index in [2.05, 4.69) is 36.6 Å². The van der Waals surface area contributed by atoms with Crippen LogP contribution in [0, 0.1) is 11.3 Å². The second kappa shape index (κ2) is 6.40. The summed E-state index contributed by atoms with van der Waals surface area (Å²) in [6.07, 6.45) is 2.29. The van der Waals surface area contributed by atoms with Crippen LogP contribution >= 0.6 is 0 Å². The minimum atomic E-state index is -0.323. The molecule has 1 aliphatic rings. The first-order valence-corrected chi connectivity index (χ1v) is 7.58. The Morgan fingerprint density at radius 3 is 2.65 bits per heavy atom. The molecule has 2 rings (SSSR count). The van der Waals surface area contributed by atoms with Crippen molar-refractivity contribution in [1.29, 1.82) is 0 Å². The molecule has 1 fully saturated rings. The average Bonchev–Trinajstić information content (AvgIpc) is 2.49. The van der Waals surface area contributed by atoms with Gasteiger partial charge in [-0.15, -0.1) is 0 Å². The normalized spacial score (nSPS) is 21.2. The van der Waals surface area contributed by atoms with E-state index in [0.717, 1.165) is 31.5 Å². The lowest BCUT2D eigenvalue weighted by molar-refractivity contribution is -0.133. The van der Waals surface area contributed by atoms with E-state index < -0.39 is 0 Å². The number of nitrogens with one attached hydrogen (secondary N) is 2. The third-order valence-electron chi connectivity index (χ3n) is 4.55. The largest absolute Gasteiger partial charge is 0.349 e. The van der Waals surface area contributed by atoms with Crippen LogP contribution in [-0.2, 0) is 4.79 Å². The minimum absolute atomic E-state index is 0.0551. The first-order chi connectivity index (χ1) is 9.51. The topological polar surface area (TPSA) is 41.1 Å². The van der Waals surface area contributed by atoms with Gasteiger partial charge in [0.1, 0.15) is 0 Å². The molecule has 1 unspecified atom stereocenters. The highest BCUT2D eigenvalue weighted by molar-refractivity contribution is 5.82. The summed E-state index contributed by atoms with van der Waals surface area (Å²) in [4.78, 5) is 12.6. The molecule has 3 heteroatoms.